The highest BCUT2D eigenvalue weighted by Crippen LogP contribution is 2.27. The van der Waals surface area contributed by atoms with Crippen molar-refractivity contribution >= 4 is 0 Å². The number of halogens is 4. The minimum Gasteiger partial charge on any atom is -0.395 e. The van der Waals surface area contributed by atoms with Crippen LogP contribution in [0.1, 0.15) is 0 Å². The van der Waals surface area contributed by atoms with E-state index in [-0.39, 0.29) is 0 Å². The molecule has 0 aromatic rings. The second-order valence-corrected chi connectivity index (χ2v) is 1.30. The van der Waals surface area contributed by atoms with Crippen LogP contribution in [-0.2, 0) is 9.47 Å². The van der Waals surface area contributed by atoms with Crippen LogP contribution in [-0.4, -0.2) is 0 Å². The zero-order valence-corrected chi connectivity index (χ0v) is 4.33. The third-order valence-electron chi connectivity index (χ3n) is 0.667. The molecular weight excluding hydrogens is 156 g/mol. The molecule has 1 rings (SSSR count). The molecule has 10 heavy (non-hydrogen) atoms. The van der Waals surface area contributed by atoms with Gasteiger partial charge in [0.05, 0.1) is 0 Å². The summed E-state index contributed by atoms with van der Waals surface area (Å²) in [6, 6.07) is -7.73. The van der Waals surface area contributed by atoms with Crippen molar-refractivity contribution in [3.8, 4) is 0 Å². The summed E-state index contributed by atoms with van der Waals surface area (Å²) in [5.41, 5.74) is 0. The van der Waals surface area contributed by atoms with Crippen molar-refractivity contribution in [2.24, 2.45) is 0 Å². The normalized spacial score (nSPS) is 18.8. The van der Waals surface area contributed by atoms with Crippen LogP contribution in [0.15, 0.2) is 24.1 Å². The van der Waals surface area contributed by atoms with Crippen LogP contribution in [0, 0.1) is 0 Å². The lowest BCUT2D eigenvalue weighted by molar-refractivity contribution is 0.0177. The van der Waals surface area contributed by atoms with Crippen molar-refractivity contribution in [1.29, 1.82) is 0 Å². The number of hydrogen-bond acceptors (Lipinski definition) is 2. The highest BCUT2D eigenvalue weighted by atomic mass is 19.2. The molecule has 0 atom stereocenters. The highest BCUT2D eigenvalue weighted by Gasteiger charge is 2.24. The van der Waals surface area contributed by atoms with Gasteiger partial charge in [0.15, 0.2) is 0 Å². The third kappa shape index (κ3) is 1.04. The van der Waals surface area contributed by atoms with Crippen molar-refractivity contribution in [1.82, 2.24) is 0 Å². The molecule has 0 fully saturated rings. The zero-order chi connectivity index (χ0) is 7.72. The Labute approximate surface area is 52.3 Å². The first-order chi connectivity index (χ1) is 4.61. The lowest BCUT2D eigenvalue weighted by atomic mass is 10.8. The van der Waals surface area contributed by atoms with E-state index in [1.807, 2.05) is 0 Å². The van der Waals surface area contributed by atoms with E-state index in [0.29, 0.717) is 0 Å². The maximum absolute atomic E-state index is 11.7. The summed E-state index contributed by atoms with van der Waals surface area (Å²) in [5, 5.41) is 0. The Kier molecular flexibility index (Phi) is 1.52. The Morgan fingerprint density at radius 3 is 1.00 bits per heavy atom. The van der Waals surface area contributed by atoms with Gasteiger partial charge < -0.3 is 9.47 Å². The van der Waals surface area contributed by atoms with Crippen molar-refractivity contribution in [3.05, 3.63) is 24.1 Å². The molecule has 0 spiro atoms. The van der Waals surface area contributed by atoms with Crippen LogP contribution in [0.5, 0.6) is 0 Å². The lowest BCUT2D eigenvalue weighted by Gasteiger charge is -2.07. The fraction of sp³-hybridized carbons (Fsp3) is 0. The fourth-order valence-corrected chi connectivity index (χ4v) is 0.318. The van der Waals surface area contributed by atoms with Gasteiger partial charge in [0.25, 0.3) is 0 Å². The minimum absolute atomic E-state index is 1.93. The molecule has 0 aromatic carbocycles. The number of ether oxygens (including phenoxy) is 2. The Morgan fingerprint density at radius 1 is 0.600 bits per heavy atom. The average Bonchev–Trinajstić information content (AvgIpc) is 1.84. The van der Waals surface area contributed by atoms with Crippen LogP contribution in [0.4, 0.5) is 17.6 Å². The molecule has 1 aliphatic rings. The predicted octanol–water partition coefficient (Wildman–Crippen LogP) is 2.16. The largest absolute Gasteiger partial charge is 0.395 e. The van der Waals surface area contributed by atoms with E-state index in [1.165, 1.54) is 0 Å². The first-order valence-electron chi connectivity index (χ1n) is 2.07. The second kappa shape index (κ2) is 2.20. The van der Waals surface area contributed by atoms with Crippen LogP contribution in [0.2, 0.25) is 0 Å². The molecule has 0 N–H and O–H groups in total. The van der Waals surface area contributed by atoms with Gasteiger partial charge >= 0.3 is 24.1 Å². The van der Waals surface area contributed by atoms with Crippen LogP contribution < -0.4 is 0 Å². The Bertz CT molecular complexity index is 175. The smallest absolute Gasteiger partial charge is 0.354 e. The van der Waals surface area contributed by atoms with Gasteiger partial charge in [-0.3, -0.25) is 0 Å². The zero-order valence-electron chi connectivity index (χ0n) is 4.33. The molecule has 0 amide bonds. The first-order valence-corrected chi connectivity index (χ1v) is 2.07. The third-order valence-corrected chi connectivity index (χ3v) is 0.667. The molecular formula is C4F4O2. The maximum Gasteiger partial charge on any atom is 0.354 e. The van der Waals surface area contributed by atoms with Crippen molar-refractivity contribution in [2.45, 2.75) is 0 Å². The molecule has 2 nitrogen and oxygen atoms in total. The van der Waals surface area contributed by atoms with Crippen molar-refractivity contribution in [3.63, 3.8) is 0 Å². The average molecular weight is 156 g/mol. The Balaban J connectivity index is 2.81. The van der Waals surface area contributed by atoms with Crippen molar-refractivity contribution in [2.75, 3.05) is 0 Å². The van der Waals surface area contributed by atoms with Gasteiger partial charge in [-0.05, 0) is 0 Å². The number of rotatable bonds is 0. The van der Waals surface area contributed by atoms with E-state index in [9.17, 15) is 17.6 Å². The summed E-state index contributed by atoms with van der Waals surface area (Å²) < 4.78 is 53.4. The standard InChI is InChI=1S/C4F4O2/c5-1-2(6)10-4(8)3(7)9-1. The summed E-state index contributed by atoms with van der Waals surface area (Å²) in [6.07, 6.45) is 0. The molecule has 0 radical (unpaired) electrons. The van der Waals surface area contributed by atoms with E-state index in [1.54, 1.807) is 0 Å². The van der Waals surface area contributed by atoms with E-state index < -0.39 is 24.1 Å². The molecule has 6 heteroatoms. The van der Waals surface area contributed by atoms with E-state index in [0.717, 1.165) is 0 Å². The van der Waals surface area contributed by atoms with Gasteiger partial charge in [-0.1, -0.05) is 0 Å². The fourth-order valence-electron chi connectivity index (χ4n) is 0.318. The van der Waals surface area contributed by atoms with Gasteiger partial charge in [0.1, 0.15) is 0 Å². The Hall–Kier alpha value is -1.20. The molecule has 0 bridgehead atoms. The van der Waals surface area contributed by atoms with Crippen LogP contribution >= 0.6 is 0 Å². The maximum atomic E-state index is 11.7. The van der Waals surface area contributed by atoms with Crippen LogP contribution in [0.25, 0.3) is 0 Å². The van der Waals surface area contributed by atoms with E-state index >= 15 is 0 Å². The van der Waals surface area contributed by atoms with Gasteiger partial charge in [-0.2, -0.15) is 17.6 Å². The van der Waals surface area contributed by atoms with Gasteiger partial charge in [0.2, 0.25) is 0 Å². The summed E-state index contributed by atoms with van der Waals surface area (Å²) in [4.78, 5) is 0. The topological polar surface area (TPSA) is 18.5 Å². The monoisotopic (exact) mass is 156 g/mol. The Morgan fingerprint density at radius 2 is 0.800 bits per heavy atom. The SMILES string of the molecule is FC1=C(F)OC(F)=C(F)O1. The summed E-state index contributed by atoms with van der Waals surface area (Å²) >= 11 is 0. The van der Waals surface area contributed by atoms with Gasteiger partial charge in [0, 0.05) is 0 Å². The van der Waals surface area contributed by atoms with E-state index in [4.69, 9.17) is 0 Å². The van der Waals surface area contributed by atoms with Gasteiger partial charge in [-0.25, -0.2) is 0 Å². The molecule has 1 aliphatic heterocycles. The predicted molar refractivity (Wildman–Crippen MR) is 20.7 cm³/mol. The molecule has 0 saturated heterocycles. The lowest BCUT2D eigenvalue weighted by Crippen LogP contribution is -2.00. The summed E-state index contributed by atoms with van der Waals surface area (Å²) in [5.74, 6) is 0. The number of hydrogen-bond donors (Lipinski definition) is 0. The molecule has 0 aromatic heterocycles. The van der Waals surface area contributed by atoms with E-state index in [2.05, 4.69) is 9.47 Å². The molecule has 1 heterocycles. The minimum atomic E-state index is -1.93. The first kappa shape index (κ1) is 6.91. The second-order valence-electron chi connectivity index (χ2n) is 1.30. The van der Waals surface area contributed by atoms with Gasteiger partial charge in [-0.15, -0.1) is 0 Å². The molecule has 0 saturated carbocycles. The quantitative estimate of drug-likeness (QED) is 0.500. The molecule has 0 aliphatic carbocycles. The molecule has 56 valence electrons. The highest BCUT2D eigenvalue weighted by molar-refractivity contribution is 4.99. The summed E-state index contributed by atoms with van der Waals surface area (Å²) in [7, 11) is 0. The summed E-state index contributed by atoms with van der Waals surface area (Å²) in [6.45, 7) is 0. The van der Waals surface area contributed by atoms with Crippen LogP contribution in [0.3, 0.4) is 0 Å². The molecule has 0 unspecified atom stereocenters. The van der Waals surface area contributed by atoms with Crippen molar-refractivity contribution < 1.29 is 27.0 Å².